The van der Waals surface area contributed by atoms with Crippen LogP contribution < -0.4 is 10.0 Å². The van der Waals surface area contributed by atoms with Gasteiger partial charge in [0, 0.05) is 12.2 Å². The summed E-state index contributed by atoms with van der Waals surface area (Å²) in [5, 5.41) is 3.22. The van der Waals surface area contributed by atoms with Crippen molar-refractivity contribution in [1.29, 1.82) is 0 Å². The zero-order valence-electron chi connectivity index (χ0n) is 11.8. The number of aryl methyl sites for hydroxylation is 1. The molecule has 0 aliphatic heterocycles. The number of sulfonamides is 1. The summed E-state index contributed by atoms with van der Waals surface area (Å²) < 4.78 is 27.8. The fourth-order valence-electron chi connectivity index (χ4n) is 1.73. The van der Waals surface area contributed by atoms with Gasteiger partial charge in [0.2, 0.25) is 0 Å². The molecule has 0 aliphatic carbocycles. The SMILES string of the molecule is CCNCc1ccc(NS(=O)(=O)c2cc(C)c(Cl)s2)cc1. The molecule has 1 aromatic heterocycles. The van der Waals surface area contributed by atoms with Gasteiger partial charge in [-0.25, -0.2) is 8.42 Å². The van der Waals surface area contributed by atoms with Gasteiger partial charge in [-0.05, 0) is 42.8 Å². The number of thiophene rings is 1. The van der Waals surface area contributed by atoms with E-state index in [1.807, 2.05) is 19.1 Å². The second-order valence-corrected chi connectivity index (χ2v) is 8.17. The van der Waals surface area contributed by atoms with E-state index in [0.717, 1.165) is 35.6 Å². The lowest BCUT2D eigenvalue weighted by molar-refractivity contribution is 0.603. The number of hydrogen-bond donors (Lipinski definition) is 2. The molecular formula is C14H17ClN2O2S2. The summed E-state index contributed by atoms with van der Waals surface area (Å²) in [6.45, 7) is 5.49. The van der Waals surface area contributed by atoms with Gasteiger partial charge in [-0.3, -0.25) is 4.72 Å². The Morgan fingerprint density at radius 2 is 1.90 bits per heavy atom. The molecule has 0 radical (unpaired) electrons. The quantitative estimate of drug-likeness (QED) is 0.841. The molecule has 2 rings (SSSR count). The van der Waals surface area contributed by atoms with Crippen molar-refractivity contribution in [2.45, 2.75) is 24.6 Å². The van der Waals surface area contributed by atoms with Crippen molar-refractivity contribution in [3.05, 3.63) is 45.8 Å². The molecule has 7 heteroatoms. The average Bonchev–Trinajstić information content (AvgIpc) is 2.78. The van der Waals surface area contributed by atoms with Crippen LogP contribution in [0.5, 0.6) is 0 Å². The van der Waals surface area contributed by atoms with E-state index in [4.69, 9.17) is 11.6 Å². The van der Waals surface area contributed by atoms with Gasteiger partial charge >= 0.3 is 0 Å². The van der Waals surface area contributed by atoms with E-state index in [2.05, 4.69) is 10.0 Å². The highest BCUT2D eigenvalue weighted by Crippen LogP contribution is 2.31. The van der Waals surface area contributed by atoms with Gasteiger partial charge in [0.15, 0.2) is 0 Å². The van der Waals surface area contributed by atoms with E-state index in [1.54, 1.807) is 25.1 Å². The van der Waals surface area contributed by atoms with Crippen LogP contribution in [-0.2, 0) is 16.6 Å². The summed E-state index contributed by atoms with van der Waals surface area (Å²) in [4.78, 5) is 0. The zero-order chi connectivity index (χ0) is 15.5. The van der Waals surface area contributed by atoms with Gasteiger partial charge in [0.25, 0.3) is 10.0 Å². The van der Waals surface area contributed by atoms with E-state index in [1.165, 1.54) is 0 Å². The van der Waals surface area contributed by atoms with Crippen molar-refractivity contribution < 1.29 is 8.42 Å². The lowest BCUT2D eigenvalue weighted by Gasteiger charge is -2.07. The monoisotopic (exact) mass is 344 g/mol. The predicted octanol–water partition coefficient (Wildman–Crippen LogP) is 3.62. The Morgan fingerprint density at radius 3 is 2.43 bits per heavy atom. The van der Waals surface area contributed by atoms with E-state index in [9.17, 15) is 8.42 Å². The van der Waals surface area contributed by atoms with Crippen molar-refractivity contribution >= 4 is 38.6 Å². The van der Waals surface area contributed by atoms with Crippen LogP contribution in [0.15, 0.2) is 34.5 Å². The molecule has 2 N–H and O–H groups in total. The number of anilines is 1. The molecule has 2 aromatic rings. The molecule has 0 bridgehead atoms. The van der Waals surface area contributed by atoms with Crippen LogP contribution in [0.1, 0.15) is 18.1 Å². The predicted molar refractivity (Wildman–Crippen MR) is 88.7 cm³/mol. The van der Waals surface area contributed by atoms with Crippen LogP contribution in [0, 0.1) is 6.92 Å². The average molecular weight is 345 g/mol. The molecule has 21 heavy (non-hydrogen) atoms. The minimum absolute atomic E-state index is 0.224. The van der Waals surface area contributed by atoms with Crippen LogP contribution in [0.2, 0.25) is 4.34 Å². The lowest BCUT2D eigenvalue weighted by atomic mass is 10.2. The van der Waals surface area contributed by atoms with Crippen molar-refractivity contribution in [3.63, 3.8) is 0 Å². The van der Waals surface area contributed by atoms with E-state index >= 15 is 0 Å². The molecule has 0 aliphatic rings. The fraction of sp³-hybridized carbons (Fsp3) is 0.286. The first-order chi connectivity index (χ1) is 9.92. The Labute approximate surface area is 134 Å². The molecule has 0 amide bonds. The Morgan fingerprint density at radius 1 is 1.24 bits per heavy atom. The highest BCUT2D eigenvalue weighted by Gasteiger charge is 2.18. The first kappa shape index (κ1) is 16.3. The van der Waals surface area contributed by atoms with Crippen molar-refractivity contribution in [1.82, 2.24) is 5.32 Å². The summed E-state index contributed by atoms with van der Waals surface area (Å²) in [7, 11) is -3.58. The largest absolute Gasteiger partial charge is 0.313 e. The number of hydrogen-bond acceptors (Lipinski definition) is 4. The van der Waals surface area contributed by atoms with Crippen molar-refractivity contribution in [3.8, 4) is 0 Å². The normalized spacial score (nSPS) is 11.6. The highest BCUT2D eigenvalue weighted by atomic mass is 35.5. The molecule has 114 valence electrons. The first-order valence-corrected chi connectivity index (χ1v) is 9.18. The van der Waals surface area contributed by atoms with Gasteiger partial charge in [-0.15, -0.1) is 11.3 Å². The molecule has 1 aromatic carbocycles. The second-order valence-electron chi connectivity index (χ2n) is 4.60. The molecule has 0 unspecified atom stereocenters. The van der Waals surface area contributed by atoms with Crippen LogP contribution in [-0.4, -0.2) is 15.0 Å². The summed E-state index contributed by atoms with van der Waals surface area (Å²) in [5.74, 6) is 0. The number of halogens is 1. The topological polar surface area (TPSA) is 58.2 Å². The second kappa shape index (κ2) is 6.79. The summed E-state index contributed by atoms with van der Waals surface area (Å²) in [5.41, 5.74) is 2.41. The van der Waals surface area contributed by atoms with E-state index < -0.39 is 10.0 Å². The Bertz CT molecular complexity index is 690. The molecule has 0 spiro atoms. The molecule has 4 nitrogen and oxygen atoms in total. The van der Waals surface area contributed by atoms with Crippen LogP contribution >= 0.6 is 22.9 Å². The summed E-state index contributed by atoms with van der Waals surface area (Å²) >= 11 is 6.99. The molecule has 0 saturated carbocycles. The maximum atomic E-state index is 12.3. The number of rotatable bonds is 6. The Balaban J connectivity index is 2.13. The minimum atomic E-state index is -3.58. The molecule has 0 saturated heterocycles. The maximum Gasteiger partial charge on any atom is 0.271 e. The lowest BCUT2D eigenvalue weighted by Crippen LogP contribution is -2.13. The summed E-state index contributed by atoms with van der Waals surface area (Å²) in [6, 6.07) is 8.88. The Kier molecular flexibility index (Phi) is 5.27. The molecular weight excluding hydrogens is 328 g/mol. The van der Waals surface area contributed by atoms with Crippen molar-refractivity contribution in [2.75, 3.05) is 11.3 Å². The highest BCUT2D eigenvalue weighted by molar-refractivity contribution is 7.94. The van der Waals surface area contributed by atoms with Gasteiger partial charge in [-0.1, -0.05) is 30.7 Å². The molecule has 1 heterocycles. The minimum Gasteiger partial charge on any atom is -0.313 e. The van der Waals surface area contributed by atoms with Crippen molar-refractivity contribution in [2.24, 2.45) is 0 Å². The Hall–Kier alpha value is -1.08. The third-order valence-electron chi connectivity index (χ3n) is 2.88. The number of benzene rings is 1. The zero-order valence-corrected chi connectivity index (χ0v) is 14.2. The standard InChI is InChI=1S/C14H17ClN2O2S2/c1-3-16-9-11-4-6-12(7-5-11)17-21(18,19)13-8-10(2)14(15)20-13/h4-8,16-17H,3,9H2,1-2H3. The van der Waals surface area contributed by atoms with E-state index in [-0.39, 0.29) is 4.21 Å². The van der Waals surface area contributed by atoms with Gasteiger partial charge in [0.1, 0.15) is 4.21 Å². The smallest absolute Gasteiger partial charge is 0.271 e. The van der Waals surface area contributed by atoms with Gasteiger partial charge in [-0.2, -0.15) is 0 Å². The van der Waals surface area contributed by atoms with E-state index in [0.29, 0.717) is 10.0 Å². The number of nitrogens with one attached hydrogen (secondary N) is 2. The fourth-order valence-corrected chi connectivity index (χ4v) is 4.50. The maximum absolute atomic E-state index is 12.3. The van der Waals surface area contributed by atoms with Gasteiger partial charge < -0.3 is 5.32 Å². The van der Waals surface area contributed by atoms with Crippen LogP contribution in [0.25, 0.3) is 0 Å². The van der Waals surface area contributed by atoms with Crippen LogP contribution in [0.4, 0.5) is 5.69 Å². The van der Waals surface area contributed by atoms with Gasteiger partial charge in [0.05, 0.1) is 4.34 Å². The third-order valence-corrected chi connectivity index (χ3v) is 6.29. The molecule has 0 atom stereocenters. The molecule has 0 fully saturated rings. The first-order valence-electron chi connectivity index (χ1n) is 6.51. The third kappa shape index (κ3) is 4.20. The van der Waals surface area contributed by atoms with Crippen LogP contribution in [0.3, 0.4) is 0 Å². The summed E-state index contributed by atoms with van der Waals surface area (Å²) in [6.07, 6.45) is 0.